The number of benzene rings is 1. The van der Waals surface area contributed by atoms with Gasteiger partial charge in [-0.05, 0) is 24.3 Å². The van der Waals surface area contributed by atoms with Crippen molar-refractivity contribution in [1.29, 1.82) is 5.26 Å². The fraction of sp³-hybridized carbons (Fsp3) is 0.438. The van der Waals surface area contributed by atoms with Gasteiger partial charge >= 0.3 is 0 Å². The van der Waals surface area contributed by atoms with E-state index in [1.165, 1.54) is 0 Å². The Morgan fingerprint density at radius 1 is 1.42 bits per heavy atom. The van der Waals surface area contributed by atoms with Gasteiger partial charge in [-0.15, -0.1) is 6.58 Å². The van der Waals surface area contributed by atoms with E-state index in [0.717, 1.165) is 24.9 Å². The summed E-state index contributed by atoms with van der Waals surface area (Å²) in [5, 5.41) is 19.0. The van der Waals surface area contributed by atoms with Crippen molar-refractivity contribution in [2.45, 2.75) is 24.9 Å². The maximum Gasteiger partial charge on any atom is 0.0984 e. The molecule has 3 atom stereocenters. The quantitative estimate of drug-likeness (QED) is 0.842. The second-order valence-electron chi connectivity index (χ2n) is 5.02. The lowest BCUT2D eigenvalue weighted by Gasteiger charge is -2.40. The van der Waals surface area contributed by atoms with Gasteiger partial charge in [0, 0.05) is 6.54 Å². The molecule has 0 amide bonds. The standard InChI is InChI=1S/C16H20N2O/c1-2-13-8-9-15(10-17)18(11-13)16(12-19)14-6-4-3-5-7-14/h2-7,13,15-16,19H,1,8-9,11-12H2/t13-,15+,16+/m1/s1. The van der Waals surface area contributed by atoms with Crippen LogP contribution < -0.4 is 0 Å². The fourth-order valence-corrected chi connectivity index (χ4v) is 2.78. The van der Waals surface area contributed by atoms with Crippen molar-refractivity contribution >= 4 is 0 Å². The zero-order valence-corrected chi connectivity index (χ0v) is 11.1. The first-order chi connectivity index (χ1) is 9.30. The molecule has 100 valence electrons. The smallest absolute Gasteiger partial charge is 0.0984 e. The van der Waals surface area contributed by atoms with Gasteiger partial charge in [-0.3, -0.25) is 4.90 Å². The van der Waals surface area contributed by atoms with Crippen LogP contribution in [0.2, 0.25) is 0 Å². The molecule has 1 fully saturated rings. The Hall–Kier alpha value is -1.63. The van der Waals surface area contributed by atoms with E-state index in [0.29, 0.717) is 5.92 Å². The van der Waals surface area contributed by atoms with Gasteiger partial charge in [0.15, 0.2) is 0 Å². The molecule has 1 heterocycles. The molecule has 1 aliphatic heterocycles. The molecule has 1 aromatic rings. The van der Waals surface area contributed by atoms with Crippen LogP contribution in [0, 0.1) is 17.2 Å². The van der Waals surface area contributed by atoms with Gasteiger partial charge in [-0.1, -0.05) is 36.4 Å². The van der Waals surface area contributed by atoms with Crippen molar-refractivity contribution in [3.05, 3.63) is 48.6 Å². The molecule has 0 bridgehead atoms. The Kier molecular flexibility index (Phi) is 4.73. The van der Waals surface area contributed by atoms with Crippen molar-refractivity contribution in [2.24, 2.45) is 5.92 Å². The van der Waals surface area contributed by atoms with Crippen LogP contribution in [0.15, 0.2) is 43.0 Å². The molecule has 1 aromatic carbocycles. The van der Waals surface area contributed by atoms with Gasteiger partial charge in [0.2, 0.25) is 0 Å². The van der Waals surface area contributed by atoms with Crippen molar-refractivity contribution < 1.29 is 5.11 Å². The van der Waals surface area contributed by atoms with Gasteiger partial charge in [0.25, 0.3) is 0 Å². The van der Waals surface area contributed by atoms with E-state index in [9.17, 15) is 10.4 Å². The average Bonchev–Trinajstić information content (AvgIpc) is 2.49. The zero-order chi connectivity index (χ0) is 13.7. The monoisotopic (exact) mass is 256 g/mol. The second-order valence-corrected chi connectivity index (χ2v) is 5.02. The third-order valence-electron chi connectivity index (χ3n) is 3.90. The second kappa shape index (κ2) is 6.51. The third kappa shape index (κ3) is 3.04. The first-order valence-electron chi connectivity index (χ1n) is 6.74. The number of hydrogen-bond acceptors (Lipinski definition) is 3. The molecule has 1 aliphatic rings. The minimum Gasteiger partial charge on any atom is -0.394 e. The highest BCUT2D eigenvalue weighted by Crippen LogP contribution is 2.30. The Bertz CT molecular complexity index is 452. The number of rotatable bonds is 4. The number of hydrogen-bond donors (Lipinski definition) is 1. The maximum atomic E-state index is 9.73. The molecule has 1 saturated heterocycles. The fourth-order valence-electron chi connectivity index (χ4n) is 2.78. The Morgan fingerprint density at radius 2 is 2.16 bits per heavy atom. The summed E-state index contributed by atoms with van der Waals surface area (Å²) in [5.41, 5.74) is 1.06. The molecular formula is C16H20N2O. The van der Waals surface area contributed by atoms with E-state index in [1.807, 2.05) is 36.4 Å². The predicted molar refractivity (Wildman–Crippen MR) is 75.3 cm³/mol. The van der Waals surface area contributed by atoms with Crippen LogP contribution in [0.3, 0.4) is 0 Å². The van der Waals surface area contributed by atoms with Crippen LogP contribution in [0.5, 0.6) is 0 Å². The molecule has 19 heavy (non-hydrogen) atoms. The Morgan fingerprint density at radius 3 is 2.74 bits per heavy atom. The molecular weight excluding hydrogens is 236 g/mol. The number of likely N-dealkylation sites (tertiary alicyclic amines) is 1. The largest absolute Gasteiger partial charge is 0.394 e. The molecule has 0 aliphatic carbocycles. The lowest BCUT2D eigenvalue weighted by molar-refractivity contribution is 0.0640. The number of nitrogens with zero attached hydrogens (tertiary/aromatic N) is 2. The van der Waals surface area contributed by atoms with E-state index in [2.05, 4.69) is 17.5 Å². The SMILES string of the molecule is C=C[C@@H]1CC[C@@H](C#N)N([C@@H](CO)c2ccccc2)C1. The predicted octanol–water partition coefficient (Wildman–Crippen LogP) is 2.51. The van der Waals surface area contributed by atoms with Crippen LogP contribution >= 0.6 is 0 Å². The molecule has 0 spiro atoms. The average molecular weight is 256 g/mol. The summed E-state index contributed by atoms with van der Waals surface area (Å²) >= 11 is 0. The van der Waals surface area contributed by atoms with Gasteiger partial charge in [-0.2, -0.15) is 5.26 Å². The maximum absolute atomic E-state index is 9.73. The summed E-state index contributed by atoms with van der Waals surface area (Å²) in [6.45, 7) is 4.68. The van der Waals surface area contributed by atoms with Crippen LogP contribution in [-0.2, 0) is 0 Å². The summed E-state index contributed by atoms with van der Waals surface area (Å²) in [6, 6.07) is 12.1. The minimum atomic E-state index is -0.117. The Labute approximate surface area is 114 Å². The van der Waals surface area contributed by atoms with E-state index >= 15 is 0 Å². The van der Waals surface area contributed by atoms with Crippen LogP contribution in [0.25, 0.3) is 0 Å². The summed E-state index contributed by atoms with van der Waals surface area (Å²) in [4.78, 5) is 2.12. The van der Waals surface area contributed by atoms with Crippen molar-refractivity contribution in [3.8, 4) is 6.07 Å². The molecule has 2 rings (SSSR count). The highest BCUT2D eigenvalue weighted by atomic mass is 16.3. The van der Waals surface area contributed by atoms with Crippen molar-refractivity contribution in [3.63, 3.8) is 0 Å². The molecule has 0 aromatic heterocycles. The molecule has 0 unspecified atom stereocenters. The number of piperidine rings is 1. The third-order valence-corrected chi connectivity index (χ3v) is 3.90. The molecule has 1 N–H and O–H groups in total. The normalized spacial score (nSPS) is 25.5. The van der Waals surface area contributed by atoms with Gasteiger partial charge in [0.1, 0.15) is 0 Å². The van der Waals surface area contributed by atoms with E-state index < -0.39 is 0 Å². The first kappa shape index (κ1) is 13.8. The molecule has 0 radical (unpaired) electrons. The summed E-state index contributed by atoms with van der Waals surface area (Å²) in [5.74, 6) is 0.405. The first-order valence-corrected chi connectivity index (χ1v) is 6.74. The van der Waals surface area contributed by atoms with Gasteiger partial charge in [-0.25, -0.2) is 0 Å². The highest BCUT2D eigenvalue weighted by Gasteiger charge is 2.32. The van der Waals surface area contributed by atoms with Crippen molar-refractivity contribution in [2.75, 3.05) is 13.2 Å². The molecule has 3 heteroatoms. The highest BCUT2D eigenvalue weighted by molar-refractivity contribution is 5.20. The van der Waals surface area contributed by atoms with E-state index in [-0.39, 0.29) is 18.7 Å². The lowest BCUT2D eigenvalue weighted by atomic mass is 9.90. The Balaban J connectivity index is 2.24. The summed E-state index contributed by atoms with van der Waals surface area (Å²) in [7, 11) is 0. The van der Waals surface area contributed by atoms with Crippen LogP contribution in [0.1, 0.15) is 24.4 Å². The van der Waals surface area contributed by atoms with E-state index in [4.69, 9.17) is 0 Å². The zero-order valence-electron chi connectivity index (χ0n) is 11.1. The number of aliphatic hydroxyl groups excluding tert-OH is 1. The van der Waals surface area contributed by atoms with Gasteiger partial charge in [0.05, 0.1) is 24.8 Å². The van der Waals surface area contributed by atoms with Crippen LogP contribution in [0.4, 0.5) is 0 Å². The minimum absolute atomic E-state index is 0.0338. The van der Waals surface area contributed by atoms with Crippen molar-refractivity contribution in [1.82, 2.24) is 4.90 Å². The van der Waals surface area contributed by atoms with Gasteiger partial charge < -0.3 is 5.11 Å². The molecule has 3 nitrogen and oxygen atoms in total. The lowest BCUT2D eigenvalue weighted by Crippen LogP contribution is -2.45. The molecule has 0 saturated carbocycles. The number of aliphatic hydroxyl groups is 1. The summed E-state index contributed by atoms with van der Waals surface area (Å²) < 4.78 is 0. The summed E-state index contributed by atoms with van der Waals surface area (Å²) in [6.07, 6.45) is 3.81. The number of nitriles is 1. The topological polar surface area (TPSA) is 47.3 Å². The van der Waals surface area contributed by atoms with E-state index in [1.54, 1.807) is 0 Å². The van der Waals surface area contributed by atoms with Crippen LogP contribution in [-0.4, -0.2) is 29.2 Å².